The first kappa shape index (κ1) is 19.4. The Morgan fingerprint density at radius 2 is 1.70 bits per heavy atom. The summed E-state index contributed by atoms with van der Waals surface area (Å²) in [4.78, 5) is 26.5. The lowest BCUT2D eigenvalue weighted by Crippen LogP contribution is -2.45. The van der Waals surface area contributed by atoms with Crippen molar-refractivity contribution in [1.29, 1.82) is 0 Å². The van der Waals surface area contributed by atoms with Crippen LogP contribution in [0.15, 0.2) is 60.9 Å². The molecule has 30 heavy (non-hydrogen) atoms. The number of imidazole rings is 1. The summed E-state index contributed by atoms with van der Waals surface area (Å²) in [7, 11) is 0. The molecule has 8 heteroatoms. The van der Waals surface area contributed by atoms with E-state index >= 15 is 0 Å². The number of fused-ring (bicyclic) bond motifs is 1. The zero-order valence-corrected chi connectivity index (χ0v) is 16.9. The predicted octanol–water partition coefficient (Wildman–Crippen LogP) is 4.35. The number of nitrogens with zero attached hydrogens (tertiary/aromatic N) is 5. The lowest BCUT2D eigenvalue weighted by molar-refractivity contribution is 0.195. The molecule has 4 rings (SSSR count). The smallest absolute Gasteiger partial charge is 0.412 e. The fourth-order valence-electron chi connectivity index (χ4n) is 3.48. The van der Waals surface area contributed by atoms with E-state index < -0.39 is 11.6 Å². The van der Waals surface area contributed by atoms with Gasteiger partial charge in [0.2, 0.25) is 0 Å². The summed E-state index contributed by atoms with van der Waals surface area (Å²) in [6, 6.07) is 14.6. The number of hydrogen-bond donors (Lipinski definition) is 2. The number of anilines is 2. The maximum absolute atomic E-state index is 11.8. The molecule has 0 unspecified atom stereocenters. The van der Waals surface area contributed by atoms with Crippen LogP contribution >= 0.6 is 0 Å². The molecule has 152 valence electrons. The largest absolute Gasteiger partial charge is 0.465 e. The molecule has 4 aromatic rings. The van der Waals surface area contributed by atoms with Gasteiger partial charge in [0.05, 0.1) is 5.56 Å². The number of amides is 1. The minimum atomic E-state index is -1.01. The van der Waals surface area contributed by atoms with Crippen LogP contribution in [0.5, 0.6) is 0 Å². The van der Waals surface area contributed by atoms with Crippen molar-refractivity contribution in [3.05, 3.63) is 60.9 Å². The third-order valence-corrected chi connectivity index (χ3v) is 4.72. The Hall–Kier alpha value is -3.94. The number of benzene rings is 1. The molecule has 0 aliphatic rings. The van der Waals surface area contributed by atoms with Crippen molar-refractivity contribution in [2.45, 2.75) is 26.3 Å². The summed E-state index contributed by atoms with van der Waals surface area (Å²) < 4.78 is 1.90. The fourth-order valence-corrected chi connectivity index (χ4v) is 3.48. The molecule has 0 aliphatic heterocycles. The summed E-state index contributed by atoms with van der Waals surface area (Å²) in [5.74, 6) is 0.989. The quantitative estimate of drug-likeness (QED) is 0.527. The summed E-state index contributed by atoms with van der Waals surface area (Å²) in [5, 5.41) is 9.66. The second kappa shape index (κ2) is 7.14. The molecule has 0 atom stereocenters. The van der Waals surface area contributed by atoms with E-state index in [2.05, 4.69) is 9.97 Å². The van der Waals surface area contributed by atoms with Crippen LogP contribution in [-0.4, -0.2) is 36.3 Å². The van der Waals surface area contributed by atoms with E-state index in [4.69, 9.17) is 10.7 Å². The van der Waals surface area contributed by atoms with Crippen LogP contribution in [0.4, 0.5) is 16.3 Å². The number of nitrogens with two attached hydrogens (primary N) is 1. The molecule has 3 heterocycles. The van der Waals surface area contributed by atoms with Gasteiger partial charge in [-0.15, -0.1) is 0 Å². The summed E-state index contributed by atoms with van der Waals surface area (Å²) >= 11 is 0. The minimum Gasteiger partial charge on any atom is -0.465 e. The second-order valence-electron chi connectivity index (χ2n) is 7.86. The van der Waals surface area contributed by atoms with Gasteiger partial charge in [-0.05, 0) is 69.3 Å². The molecular formula is C22H22N6O2. The molecule has 0 radical (unpaired) electrons. The van der Waals surface area contributed by atoms with Crippen molar-refractivity contribution in [3.8, 4) is 17.1 Å². The molecule has 1 aromatic carbocycles. The summed E-state index contributed by atoms with van der Waals surface area (Å²) in [5.41, 5.74) is 9.00. The highest BCUT2D eigenvalue weighted by molar-refractivity contribution is 5.88. The zero-order chi connectivity index (χ0) is 21.5. The van der Waals surface area contributed by atoms with Gasteiger partial charge in [-0.25, -0.2) is 19.7 Å². The van der Waals surface area contributed by atoms with Gasteiger partial charge in [-0.1, -0.05) is 0 Å². The van der Waals surface area contributed by atoms with E-state index in [9.17, 15) is 9.90 Å². The molecule has 1 amide bonds. The Morgan fingerprint density at radius 1 is 1.03 bits per heavy atom. The Balaban J connectivity index is 1.89. The molecule has 0 aliphatic carbocycles. The molecule has 0 spiro atoms. The van der Waals surface area contributed by atoms with Gasteiger partial charge in [-0.3, -0.25) is 9.47 Å². The SMILES string of the molecule is CC(C)(C)N(C(=O)O)c1ccc(-n2c(-c3cccnc3N)nc3cccnc32)cc1. The first-order chi connectivity index (χ1) is 14.3. The normalized spacial score (nSPS) is 11.6. The van der Waals surface area contributed by atoms with Crippen LogP contribution in [0.3, 0.4) is 0 Å². The van der Waals surface area contributed by atoms with E-state index in [1.165, 1.54) is 4.90 Å². The number of nitrogen functional groups attached to an aromatic ring is 1. The van der Waals surface area contributed by atoms with E-state index in [1.807, 2.05) is 55.7 Å². The molecular weight excluding hydrogens is 380 g/mol. The highest BCUT2D eigenvalue weighted by Gasteiger charge is 2.28. The average molecular weight is 402 g/mol. The van der Waals surface area contributed by atoms with Gasteiger partial charge < -0.3 is 10.8 Å². The van der Waals surface area contributed by atoms with E-state index in [1.54, 1.807) is 30.6 Å². The van der Waals surface area contributed by atoms with Crippen molar-refractivity contribution >= 4 is 28.8 Å². The van der Waals surface area contributed by atoms with E-state index in [-0.39, 0.29) is 0 Å². The molecule has 0 fully saturated rings. The average Bonchev–Trinajstić information content (AvgIpc) is 3.07. The molecule has 0 saturated heterocycles. The van der Waals surface area contributed by atoms with E-state index in [0.29, 0.717) is 28.5 Å². The first-order valence-electron chi connectivity index (χ1n) is 9.45. The Morgan fingerprint density at radius 3 is 2.33 bits per heavy atom. The van der Waals surface area contributed by atoms with Gasteiger partial charge in [-0.2, -0.15) is 0 Å². The van der Waals surface area contributed by atoms with Crippen LogP contribution in [0.1, 0.15) is 20.8 Å². The maximum atomic E-state index is 11.8. The Kier molecular flexibility index (Phi) is 4.62. The topological polar surface area (TPSA) is 110 Å². The number of rotatable bonds is 3. The van der Waals surface area contributed by atoms with Gasteiger partial charge in [0, 0.05) is 29.3 Å². The molecule has 8 nitrogen and oxygen atoms in total. The molecule has 3 aromatic heterocycles. The van der Waals surface area contributed by atoms with Crippen molar-refractivity contribution < 1.29 is 9.90 Å². The third kappa shape index (κ3) is 3.32. The molecule has 0 saturated carbocycles. The number of hydrogen-bond acceptors (Lipinski definition) is 5. The Labute approximate surface area is 173 Å². The highest BCUT2D eigenvalue weighted by atomic mass is 16.4. The van der Waals surface area contributed by atoms with Crippen LogP contribution in [0.2, 0.25) is 0 Å². The van der Waals surface area contributed by atoms with Gasteiger partial charge in [0.25, 0.3) is 0 Å². The van der Waals surface area contributed by atoms with Crippen molar-refractivity contribution in [2.75, 3.05) is 10.6 Å². The lowest BCUT2D eigenvalue weighted by atomic mass is 10.1. The fraction of sp³-hybridized carbons (Fsp3) is 0.182. The first-order valence-corrected chi connectivity index (χ1v) is 9.45. The lowest BCUT2D eigenvalue weighted by Gasteiger charge is -2.33. The van der Waals surface area contributed by atoms with Crippen LogP contribution in [0.25, 0.3) is 28.2 Å². The monoisotopic (exact) mass is 402 g/mol. The number of pyridine rings is 2. The summed E-state index contributed by atoms with van der Waals surface area (Å²) in [6.07, 6.45) is 2.33. The van der Waals surface area contributed by atoms with Gasteiger partial charge >= 0.3 is 6.09 Å². The minimum absolute atomic E-state index is 0.371. The standard InChI is InChI=1S/C22H22N6O2/c1-22(2,3)28(21(29)30)15-10-8-14(9-11-15)27-19(16-6-4-12-24-18(16)23)26-17-7-5-13-25-20(17)27/h4-13H,1-3H3,(H2,23,24)(H,29,30). The van der Waals surface area contributed by atoms with Gasteiger partial charge in [0.15, 0.2) is 11.5 Å². The third-order valence-electron chi connectivity index (χ3n) is 4.72. The number of carboxylic acid groups (broad SMARTS) is 1. The van der Waals surface area contributed by atoms with Crippen molar-refractivity contribution in [1.82, 2.24) is 19.5 Å². The van der Waals surface area contributed by atoms with Crippen molar-refractivity contribution in [3.63, 3.8) is 0 Å². The number of aromatic nitrogens is 4. The van der Waals surface area contributed by atoms with Crippen LogP contribution in [0, 0.1) is 0 Å². The highest BCUT2D eigenvalue weighted by Crippen LogP contribution is 2.31. The van der Waals surface area contributed by atoms with Crippen molar-refractivity contribution in [2.24, 2.45) is 0 Å². The Bertz CT molecular complexity index is 1220. The molecule has 0 bridgehead atoms. The maximum Gasteiger partial charge on any atom is 0.412 e. The van der Waals surface area contributed by atoms with Crippen LogP contribution < -0.4 is 10.6 Å². The molecule has 3 N–H and O–H groups in total. The second-order valence-corrected chi connectivity index (χ2v) is 7.86. The zero-order valence-electron chi connectivity index (χ0n) is 16.9. The van der Waals surface area contributed by atoms with E-state index in [0.717, 1.165) is 11.2 Å². The van der Waals surface area contributed by atoms with Gasteiger partial charge in [0.1, 0.15) is 11.3 Å². The predicted molar refractivity (Wildman–Crippen MR) is 117 cm³/mol. The summed E-state index contributed by atoms with van der Waals surface area (Å²) in [6.45, 7) is 5.56. The van der Waals surface area contributed by atoms with Crippen LogP contribution in [-0.2, 0) is 0 Å². The number of carbonyl (C=O) groups is 1.